The molecule has 0 heterocycles. The molecule has 0 amide bonds. The highest BCUT2D eigenvalue weighted by molar-refractivity contribution is 6.15. The van der Waals surface area contributed by atoms with Crippen LogP contribution in [0.2, 0.25) is 0 Å². The van der Waals surface area contributed by atoms with Gasteiger partial charge in [-0.05, 0) is 43.3 Å². The fourth-order valence-corrected chi connectivity index (χ4v) is 2.15. The van der Waals surface area contributed by atoms with E-state index in [1.54, 1.807) is 62.6 Å². The molecule has 0 aliphatic carbocycles. The molecule has 2 aromatic rings. The maximum Gasteiger partial charge on any atom is 0.343 e. The lowest BCUT2D eigenvalue weighted by Gasteiger charge is -2.08. The summed E-state index contributed by atoms with van der Waals surface area (Å²) in [5.74, 6) is 0.360. The van der Waals surface area contributed by atoms with E-state index in [0.717, 1.165) is 0 Å². The normalized spacial score (nSPS) is 11.8. The summed E-state index contributed by atoms with van der Waals surface area (Å²) in [6.45, 7) is 1.88. The molecular formula is C20H21NO5. The number of nitrogens with zero attached hydrogens (tertiary/aromatic N) is 1. The number of aliphatic hydroxyl groups is 1. The lowest BCUT2D eigenvalue weighted by molar-refractivity contribution is -0.137. The van der Waals surface area contributed by atoms with Crippen molar-refractivity contribution in [1.82, 2.24) is 0 Å². The Bertz CT molecular complexity index is 809. The van der Waals surface area contributed by atoms with Gasteiger partial charge in [0.2, 0.25) is 0 Å². The Morgan fingerprint density at radius 3 is 2.38 bits per heavy atom. The van der Waals surface area contributed by atoms with Crippen LogP contribution in [0.5, 0.6) is 11.5 Å². The average Bonchev–Trinajstić information content (AvgIpc) is 2.68. The summed E-state index contributed by atoms with van der Waals surface area (Å²) in [7, 11) is 3.10. The molecule has 0 bridgehead atoms. The number of carbonyl (C=O) groups excluding carboxylic acids is 1. The standard InChI is InChI=1S/C20H21NO5/c1-4-26-20(23)18(13-21-15-8-10-16(24-2)11-9-15)19(22)14-6-5-7-17(12-14)25-3/h5-13,22H,4H2,1-3H3. The highest BCUT2D eigenvalue weighted by atomic mass is 16.5. The van der Waals surface area contributed by atoms with E-state index in [9.17, 15) is 9.90 Å². The molecule has 2 rings (SSSR count). The summed E-state index contributed by atoms with van der Waals surface area (Å²) in [5, 5.41) is 10.6. The smallest absolute Gasteiger partial charge is 0.343 e. The van der Waals surface area contributed by atoms with Crippen LogP contribution in [-0.4, -0.2) is 38.1 Å². The lowest BCUT2D eigenvalue weighted by atomic mass is 10.1. The minimum atomic E-state index is -0.662. The van der Waals surface area contributed by atoms with Crippen molar-refractivity contribution < 1.29 is 24.1 Å². The van der Waals surface area contributed by atoms with Crippen molar-refractivity contribution in [3.05, 3.63) is 59.7 Å². The van der Waals surface area contributed by atoms with Crippen LogP contribution in [-0.2, 0) is 9.53 Å². The maximum atomic E-state index is 12.3. The van der Waals surface area contributed by atoms with E-state index in [0.29, 0.717) is 22.7 Å². The summed E-state index contributed by atoms with van der Waals surface area (Å²) >= 11 is 0. The molecule has 0 saturated carbocycles. The Balaban J connectivity index is 2.40. The molecule has 0 aliphatic rings. The predicted octanol–water partition coefficient (Wildman–Crippen LogP) is 3.94. The van der Waals surface area contributed by atoms with E-state index in [4.69, 9.17) is 14.2 Å². The molecule has 6 nitrogen and oxygen atoms in total. The molecule has 1 N–H and O–H groups in total. The predicted molar refractivity (Wildman–Crippen MR) is 100 cm³/mol. The van der Waals surface area contributed by atoms with Crippen molar-refractivity contribution in [2.75, 3.05) is 20.8 Å². The van der Waals surface area contributed by atoms with Crippen molar-refractivity contribution >= 4 is 23.6 Å². The van der Waals surface area contributed by atoms with E-state index >= 15 is 0 Å². The fourth-order valence-electron chi connectivity index (χ4n) is 2.15. The van der Waals surface area contributed by atoms with Gasteiger partial charge in [0, 0.05) is 11.8 Å². The minimum absolute atomic E-state index is 0.0454. The molecule has 0 aliphatic heterocycles. The van der Waals surface area contributed by atoms with Crippen LogP contribution in [0.1, 0.15) is 12.5 Å². The molecule has 0 atom stereocenters. The number of aliphatic imine (C=N–C) groups is 1. The molecule has 0 radical (unpaired) electrons. The third-order valence-corrected chi connectivity index (χ3v) is 3.51. The molecule has 6 heteroatoms. The molecule has 136 valence electrons. The van der Waals surface area contributed by atoms with Gasteiger partial charge in [-0.25, -0.2) is 4.79 Å². The van der Waals surface area contributed by atoms with Crippen molar-refractivity contribution in [3.63, 3.8) is 0 Å². The van der Waals surface area contributed by atoms with E-state index in [1.807, 2.05) is 0 Å². The van der Waals surface area contributed by atoms with Gasteiger partial charge in [0.1, 0.15) is 22.8 Å². The number of hydrogen-bond donors (Lipinski definition) is 1. The van der Waals surface area contributed by atoms with Crippen molar-refractivity contribution in [2.45, 2.75) is 6.92 Å². The Morgan fingerprint density at radius 2 is 1.77 bits per heavy atom. The van der Waals surface area contributed by atoms with Crippen LogP contribution in [0.3, 0.4) is 0 Å². The van der Waals surface area contributed by atoms with Crippen LogP contribution < -0.4 is 9.47 Å². The first-order valence-corrected chi connectivity index (χ1v) is 8.02. The van der Waals surface area contributed by atoms with Gasteiger partial charge in [0.15, 0.2) is 0 Å². The number of hydrogen-bond acceptors (Lipinski definition) is 6. The van der Waals surface area contributed by atoms with Gasteiger partial charge in [0.05, 0.1) is 26.5 Å². The number of aliphatic hydroxyl groups excluding tert-OH is 1. The Hall–Kier alpha value is -3.28. The zero-order valence-corrected chi connectivity index (χ0v) is 14.9. The average molecular weight is 355 g/mol. The summed E-state index contributed by atoms with van der Waals surface area (Å²) in [6.07, 6.45) is 1.29. The van der Waals surface area contributed by atoms with E-state index in [1.165, 1.54) is 13.3 Å². The van der Waals surface area contributed by atoms with Crippen LogP contribution in [0.25, 0.3) is 5.76 Å². The summed E-state index contributed by atoms with van der Waals surface area (Å²) in [6, 6.07) is 13.7. The molecular weight excluding hydrogens is 334 g/mol. The van der Waals surface area contributed by atoms with Crippen LogP contribution in [0.15, 0.2) is 59.1 Å². The minimum Gasteiger partial charge on any atom is -0.506 e. The first-order valence-electron chi connectivity index (χ1n) is 8.02. The van der Waals surface area contributed by atoms with Crippen LogP contribution >= 0.6 is 0 Å². The first kappa shape index (κ1) is 19.1. The lowest BCUT2D eigenvalue weighted by Crippen LogP contribution is -2.11. The molecule has 0 unspecified atom stereocenters. The monoisotopic (exact) mass is 355 g/mol. The number of esters is 1. The summed E-state index contributed by atoms with van der Waals surface area (Å²) < 4.78 is 15.3. The molecule has 2 aromatic carbocycles. The second-order valence-electron chi connectivity index (χ2n) is 5.17. The number of rotatable bonds is 7. The number of benzene rings is 2. The summed E-state index contributed by atoms with van der Waals surface area (Å²) in [4.78, 5) is 16.5. The molecule has 0 saturated heterocycles. The number of ether oxygens (including phenoxy) is 3. The largest absolute Gasteiger partial charge is 0.506 e. The molecule has 0 spiro atoms. The van der Waals surface area contributed by atoms with Gasteiger partial charge >= 0.3 is 5.97 Å². The topological polar surface area (TPSA) is 77.4 Å². The third-order valence-electron chi connectivity index (χ3n) is 3.51. The Kier molecular flexibility index (Phi) is 6.79. The van der Waals surface area contributed by atoms with Crippen molar-refractivity contribution in [1.29, 1.82) is 0 Å². The zero-order chi connectivity index (χ0) is 18.9. The molecule has 0 fully saturated rings. The molecule has 26 heavy (non-hydrogen) atoms. The molecule has 0 aromatic heterocycles. The zero-order valence-electron chi connectivity index (χ0n) is 14.9. The van der Waals surface area contributed by atoms with Crippen molar-refractivity contribution in [2.24, 2.45) is 4.99 Å². The number of methoxy groups -OCH3 is 2. The highest BCUT2D eigenvalue weighted by Crippen LogP contribution is 2.22. The van der Waals surface area contributed by atoms with E-state index < -0.39 is 5.97 Å². The van der Waals surface area contributed by atoms with Crippen LogP contribution in [0, 0.1) is 0 Å². The highest BCUT2D eigenvalue weighted by Gasteiger charge is 2.16. The van der Waals surface area contributed by atoms with Gasteiger partial charge < -0.3 is 19.3 Å². The second kappa shape index (κ2) is 9.27. The SMILES string of the molecule is CCOC(=O)C(C=Nc1ccc(OC)cc1)=C(O)c1cccc(OC)c1. The first-order chi connectivity index (χ1) is 12.6. The Morgan fingerprint density at radius 1 is 1.08 bits per heavy atom. The van der Waals surface area contributed by atoms with Crippen molar-refractivity contribution in [3.8, 4) is 11.5 Å². The van der Waals surface area contributed by atoms with E-state index in [2.05, 4.69) is 4.99 Å². The van der Waals surface area contributed by atoms with Gasteiger partial charge in [-0.3, -0.25) is 4.99 Å². The van der Waals surface area contributed by atoms with Crippen LogP contribution in [0.4, 0.5) is 5.69 Å². The third kappa shape index (κ3) is 4.86. The fraction of sp³-hybridized carbons (Fsp3) is 0.200. The second-order valence-corrected chi connectivity index (χ2v) is 5.17. The quantitative estimate of drug-likeness (QED) is 0.352. The maximum absolute atomic E-state index is 12.3. The number of carbonyl (C=O) groups is 1. The Labute approximate surface area is 152 Å². The van der Waals surface area contributed by atoms with Gasteiger partial charge in [-0.2, -0.15) is 0 Å². The summed E-state index contributed by atoms with van der Waals surface area (Å²) in [5.41, 5.74) is 0.982. The van der Waals surface area contributed by atoms with Gasteiger partial charge in [0.25, 0.3) is 0 Å². The van der Waals surface area contributed by atoms with E-state index in [-0.39, 0.29) is 17.9 Å². The van der Waals surface area contributed by atoms with Gasteiger partial charge in [-0.15, -0.1) is 0 Å². The van der Waals surface area contributed by atoms with Gasteiger partial charge in [-0.1, -0.05) is 12.1 Å².